The molecule has 1 heterocycles. The quantitative estimate of drug-likeness (QED) is 0.629. The average Bonchev–Trinajstić information content (AvgIpc) is 2.20. The second-order valence-corrected chi connectivity index (χ2v) is 3.49. The number of nitrogen functional groups attached to an aromatic ring is 1. The number of benzene rings is 1. The Morgan fingerprint density at radius 3 is 2.56 bits per heavy atom. The second-order valence-electron chi connectivity index (χ2n) is 3.49. The molecule has 2 rings (SSSR count). The molecule has 1 aromatic heterocycles. The standard InChI is InChI=1S/C11H11N3O2/c12-9-4-2-1-3-7(9)5-8-6-10(15)14-11(16)13-8/h1-4,6H,5,12H2,(H2,13,14,15,16). The summed E-state index contributed by atoms with van der Waals surface area (Å²) in [6.07, 6.45) is 0.436. The summed E-state index contributed by atoms with van der Waals surface area (Å²) in [6, 6.07) is 8.68. The van der Waals surface area contributed by atoms with Gasteiger partial charge in [-0.2, -0.15) is 0 Å². The molecule has 0 aliphatic heterocycles. The SMILES string of the molecule is Nc1ccccc1Cc1cc(=O)[nH]c(=O)[nH]1. The van der Waals surface area contributed by atoms with Crippen molar-refractivity contribution in [3.05, 3.63) is 62.4 Å². The lowest BCUT2D eigenvalue weighted by atomic mass is 10.1. The van der Waals surface area contributed by atoms with Crippen LogP contribution in [0.1, 0.15) is 11.3 Å². The van der Waals surface area contributed by atoms with Gasteiger partial charge in [0.2, 0.25) is 0 Å². The first-order valence-corrected chi connectivity index (χ1v) is 4.81. The first kappa shape index (κ1) is 10.2. The van der Waals surface area contributed by atoms with E-state index in [0.29, 0.717) is 17.8 Å². The molecule has 0 amide bonds. The lowest BCUT2D eigenvalue weighted by Gasteiger charge is -2.04. The van der Waals surface area contributed by atoms with E-state index in [-0.39, 0.29) is 0 Å². The molecule has 1 aromatic carbocycles. The summed E-state index contributed by atoms with van der Waals surface area (Å²) in [7, 11) is 0. The molecule has 82 valence electrons. The van der Waals surface area contributed by atoms with Crippen LogP contribution in [0, 0.1) is 0 Å². The fourth-order valence-corrected chi connectivity index (χ4v) is 1.51. The van der Waals surface area contributed by atoms with Crippen LogP contribution in [0.25, 0.3) is 0 Å². The number of nitrogens with one attached hydrogen (secondary N) is 2. The normalized spacial score (nSPS) is 10.2. The van der Waals surface area contributed by atoms with Gasteiger partial charge in [0.05, 0.1) is 0 Å². The Kier molecular flexibility index (Phi) is 2.59. The van der Waals surface area contributed by atoms with Gasteiger partial charge < -0.3 is 10.7 Å². The molecule has 0 spiro atoms. The minimum Gasteiger partial charge on any atom is -0.398 e. The molecule has 0 aliphatic carbocycles. The third-order valence-corrected chi connectivity index (χ3v) is 2.25. The van der Waals surface area contributed by atoms with Gasteiger partial charge in [0.25, 0.3) is 5.56 Å². The fourth-order valence-electron chi connectivity index (χ4n) is 1.51. The van der Waals surface area contributed by atoms with E-state index in [1.54, 1.807) is 6.07 Å². The summed E-state index contributed by atoms with van der Waals surface area (Å²) < 4.78 is 0. The van der Waals surface area contributed by atoms with Gasteiger partial charge in [0.15, 0.2) is 0 Å². The Morgan fingerprint density at radius 2 is 1.88 bits per heavy atom. The summed E-state index contributed by atoms with van der Waals surface area (Å²) in [5, 5.41) is 0. The molecule has 0 saturated heterocycles. The van der Waals surface area contributed by atoms with Crippen LogP contribution in [0.4, 0.5) is 5.69 Å². The smallest absolute Gasteiger partial charge is 0.325 e. The molecule has 0 unspecified atom stereocenters. The monoisotopic (exact) mass is 217 g/mol. The molecule has 5 nitrogen and oxygen atoms in total. The molecule has 0 fully saturated rings. The van der Waals surface area contributed by atoms with Crippen molar-refractivity contribution in [3.8, 4) is 0 Å². The molecule has 0 bridgehead atoms. The highest BCUT2D eigenvalue weighted by Gasteiger charge is 2.01. The maximum absolute atomic E-state index is 11.1. The molecule has 0 radical (unpaired) electrons. The Morgan fingerprint density at radius 1 is 1.12 bits per heavy atom. The number of rotatable bonds is 2. The van der Waals surface area contributed by atoms with E-state index >= 15 is 0 Å². The number of nitrogens with two attached hydrogens (primary N) is 1. The van der Waals surface area contributed by atoms with Crippen LogP contribution < -0.4 is 17.0 Å². The van der Waals surface area contributed by atoms with E-state index in [9.17, 15) is 9.59 Å². The number of hydrogen-bond donors (Lipinski definition) is 3. The Balaban J connectivity index is 2.38. The average molecular weight is 217 g/mol. The molecule has 4 N–H and O–H groups in total. The number of hydrogen-bond acceptors (Lipinski definition) is 3. The van der Waals surface area contributed by atoms with Crippen molar-refractivity contribution >= 4 is 5.69 Å². The van der Waals surface area contributed by atoms with Crippen molar-refractivity contribution in [2.45, 2.75) is 6.42 Å². The number of aromatic nitrogens is 2. The van der Waals surface area contributed by atoms with Gasteiger partial charge >= 0.3 is 5.69 Å². The Labute approximate surface area is 91.0 Å². The number of para-hydroxylation sites is 1. The molecule has 0 saturated carbocycles. The maximum Gasteiger partial charge on any atom is 0.325 e. The molecular weight excluding hydrogens is 206 g/mol. The zero-order chi connectivity index (χ0) is 11.5. The maximum atomic E-state index is 11.1. The number of H-pyrrole nitrogens is 2. The van der Waals surface area contributed by atoms with Crippen molar-refractivity contribution in [2.75, 3.05) is 5.73 Å². The minimum atomic E-state index is -0.503. The topological polar surface area (TPSA) is 91.7 Å². The van der Waals surface area contributed by atoms with E-state index in [4.69, 9.17) is 5.73 Å². The predicted molar refractivity (Wildman–Crippen MR) is 61.3 cm³/mol. The van der Waals surface area contributed by atoms with Crippen molar-refractivity contribution in [3.63, 3.8) is 0 Å². The van der Waals surface area contributed by atoms with Gasteiger partial charge in [-0.05, 0) is 11.6 Å². The van der Waals surface area contributed by atoms with Gasteiger partial charge in [-0.15, -0.1) is 0 Å². The first-order valence-electron chi connectivity index (χ1n) is 4.81. The van der Waals surface area contributed by atoms with E-state index in [2.05, 4.69) is 9.97 Å². The molecule has 16 heavy (non-hydrogen) atoms. The predicted octanol–water partition coefficient (Wildman–Crippen LogP) is 0.236. The highest BCUT2D eigenvalue weighted by Crippen LogP contribution is 2.13. The van der Waals surface area contributed by atoms with Gasteiger partial charge in [0.1, 0.15) is 0 Å². The van der Waals surface area contributed by atoms with Crippen LogP contribution in [0.3, 0.4) is 0 Å². The summed E-state index contributed by atoms with van der Waals surface area (Å²) in [5.74, 6) is 0. The van der Waals surface area contributed by atoms with E-state index in [1.807, 2.05) is 18.2 Å². The van der Waals surface area contributed by atoms with Gasteiger partial charge in [-0.1, -0.05) is 18.2 Å². The van der Waals surface area contributed by atoms with E-state index < -0.39 is 11.2 Å². The lowest BCUT2D eigenvalue weighted by Crippen LogP contribution is -2.23. The summed E-state index contributed by atoms with van der Waals surface area (Å²) in [6.45, 7) is 0. The Bertz CT molecular complexity index is 585. The van der Waals surface area contributed by atoms with Crippen LogP contribution in [-0.2, 0) is 6.42 Å². The third kappa shape index (κ3) is 2.20. The van der Waals surface area contributed by atoms with Gasteiger partial charge in [-0.25, -0.2) is 4.79 Å². The third-order valence-electron chi connectivity index (χ3n) is 2.25. The van der Waals surface area contributed by atoms with Crippen LogP contribution in [-0.4, -0.2) is 9.97 Å². The largest absolute Gasteiger partial charge is 0.398 e. The molecule has 5 heteroatoms. The molecular formula is C11H11N3O2. The Hall–Kier alpha value is -2.30. The van der Waals surface area contributed by atoms with Crippen molar-refractivity contribution in [1.29, 1.82) is 0 Å². The summed E-state index contributed by atoms with van der Waals surface area (Å²) >= 11 is 0. The summed E-state index contributed by atoms with van der Waals surface area (Å²) in [5.41, 5.74) is 6.92. The lowest BCUT2D eigenvalue weighted by molar-refractivity contribution is 0.954. The highest BCUT2D eigenvalue weighted by atomic mass is 16.2. The molecule has 0 aliphatic rings. The summed E-state index contributed by atoms with van der Waals surface area (Å²) in [4.78, 5) is 26.8. The van der Waals surface area contributed by atoms with Crippen molar-refractivity contribution in [2.24, 2.45) is 0 Å². The van der Waals surface area contributed by atoms with E-state index in [1.165, 1.54) is 6.07 Å². The van der Waals surface area contributed by atoms with Crippen LogP contribution in [0.2, 0.25) is 0 Å². The molecule has 2 aromatic rings. The van der Waals surface area contributed by atoms with Crippen LogP contribution in [0.5, 0.6) is 0 Å². The zero-order valence-corrected chi connectivity index (χ0v) is 8.49. The van der Waals surface area contributed by atoms with Crippen molar-refractivity contribution in [1.82, 2.24) is 9.97 Å². The molecule has 0 atom stereocenters. The fraction of sp³-hybridized carbons (Fsp3) is 0.0909. The number of anilines is 1. The number of aromatic amines is 2. The highest BCUT2D eigenvalue weighted by molar-refractivity contribution is 5.47. The van der Waals surface area contributed by atoms with Gasteiger partial charge in [-0.3, -0.25) is 9.78 Å². The van der Waals surface area contributed by atoms with E-state index in [0.717, 1.165) is 5.56 Å². The first-order chi connectivity index (χ1) is 7.65. The second kappa shape index (κ2) is 4.06. The van der Waals surface area contributed by atoms with Crippen molar-refractivity contribution < 1.29 is 0 Å². The van der Waals surface area contributed by atoms with Crippen LogP contribution in [0.15, 0.2) is 39.9 Å². The van der Waals surface area contributed by atoms with Crippen LogP contribution >= 0.6 is 0 Å². The van der Waals surface area contributed by atoms with Gasteiger partial charge in [0, 0.05) is 23.9 Å². The minimum absolute atomic E-state index is 0.409. The zero-order valence-electron chi connectivity index (χ0n) is 8.49.